The smallest absolute Gasteiger partial charge is 0.0547 e. The van der Waals surface area contributed by atoms with Gasteiger partial charge in [0.2, 0.25) is 0 Å². The molecule has 26 heavy (non-hydrogen) atoms. The van der Waals surface area contributed by atoms with Gasteiger partial charge >= 0.3 is 0 Å². The molecule has 0 radical (unpaired) electrons. The molecule has 0 aromatic heterocycles. The normalized spacial score (nSPS) is 57.0. The minimum Gasteiger partial charge on any atom is -0.0689 e. The lowest BCUT2D eigenvalue weighted by Crippen LogP contribution is -2.57. The summed E-state index contributed by atoms with van der Waals surface area (Å²) in [7, 11) is -1.24. The van der Waals surface area contributed by atoms with E-state index >= 15 is 0 Å². The summed E-state index contributed by atoms with van der Waals surface area (Å²) >= 11 is 0. The van der Waals surface area contributed by atoms with Crippen LogP contribution in [0.1, 0.15) is 79.1 Å². The lowest BCUT2D eigenvalue weighted by Gasteiger charge is -2.60. The summed E-state index contributed by atoms with van der Waals surface area (Å²) in [6.45, 7) is 16.7. The predicted octanol–water partition coefficient (Wildman–Crippen LogP) is 7.62. The summed E-state index contributed by atoms with van der Waals surface area (Å²) in [5, 5.41) is 0. The fourth-order valence-corrected chi connectivity index (χ4v) is 17.8. The first-order chi connectivity index (χ1) is 12.3. The van der Waals surface area contributed by atoms with Crippen molar-refractivity contribution in [2.45, 2.75) is 103 Å². The van der Waals surface area contributed by atoms with Crippen molar-refractivity contribution < 1.29 is 0 Å². The quantitative estimate of drug-likeness (QED) is 0.384. The highest BCUT2D eigenvalue weighted by Crippen LogP contribution is 2.77. The topological polar surface area (TPSA) is 0 Å². The van der Waals surface area contributed by atoms with Gasteiger partial charge in [0, 0.05) is 0 Å². The van der Waals surface area contributed by atoms with Gasteiger partial charge in [0.05, 0.1) is 8.07 Å². The summed E-state index contributed by atoms with van der Waals surface area (Å²) in [5.41, 5.74) is 2.88. The van der Waals surface area contributed by atoms with E-state index in [1.807, 2.05) is 0 Å². The van der Waals surface area contributed by atoms with Crippen LogP contribution in [0.25, 0.3) is 0 Å². The molecule has 1 heteroatoms. The van der Waals surface area contributed by atoms with Gasteiger partial charge in [-0.15, -0.1) is 0 Å². The Morgan fingerprint density at radius 3 is 1.35 bits per heavy atom. The molecule has 1 heterocycles. The van der Waals surface area contributed by atoms with E-state index in [-0.39, 0.29) is 0 Å². The molecule has 1 saturated heterocycles. The van der Waals surface area contributed by atoms with Gasteiger partial charge in [-0.1, -0.05) is 79.3 Å². The minimum absolute atomic E-state index is 0.589. The van der Waals surface area contributed by atoms with E-state index in [1.54, 1.807) is 38.5 Å². The standard InChI is InChI=1S/C25H44Si/c1-15-17-11-7-9-13-19(17)23-21(15)25(3,4)22-16(2)18-12-8-10-14-20(18)24(22)26(23,5)6/h15-24H,7-14H2,1-6H3. The van der Waals surface area contributed by atoms with Gasteiger partial charge in [0.1, 0.15) is 0 Å². The van der Waals surface area contributed by atoms with Gasteiger partial charge < -0.3 is 0 Å². The van der Waals surface area contributed by atoms with Crippen molar-refractivity contribution in [3.63, 3.8) is 0 Å². The maximum atomic E-state index is 2.89. The molecule has 0 N–H and O–H groups in total. The molecule has 4 saturated carbocycles. The number of hydrogen-bond acceptors (Lipinski definition) is 0. The van der Waals surface area contributed by atoms with Crippen LogP contribution in [0, 0.1) is 52.8 Å². The number of hydrogen-bond donors (Lipinski definition) is 0. The highest BCUT2D eigenvalue weighted by atomic mass is 28.3. The second-order valence-corrected chi connectivity index (χ2v) is 17.7. The largest absolute Gasteiger partial charge is 0.0689 e. The first kappa shape index (κ1) is 18.3. The third-order valence-corrected chi connectivity index (χ3v) is 16.4. The van der Waals surface area contributed by atoms with Crippen molar-refractivity contribution in [2.24, 2.45) is 52.8 Å². The maximum Gasteiger partial charge on any atom is 0.0547 e. The van der Waals surface area contributed by atoms with E-state index in [4.69, 9.17) is 0 Å². The average molecular weight is 373 g/mol. The molecule has 10 atom stereocenters. The Morgan fingerprint density at radius 1 is 0.615 bits per heavy atom. The molecule has 4 aliphatic carbocycles. The second-order valence-electron chi connectivity index (χ2n) is 12.7. The monoisotopic (exact) mass is 372 g/mol. The highest BCUT2D eigenvalue weighted by Gasteiger charge is 2.71. The van der Waals surface area contributed by atoms with E-state index in [0.717, 1.165) is 58.4 Å². The van der Waals surface area contributed by atoms with Gasteiger partial charge in [-0.05, 0) is 76.7 Å². The molecule has 0 amide bonds. The van der Waals surface area contributed by atoms with Crippen molar-refractivity contribution in [3.05, 3.63) is 0 Å². The van der Waals surface area contributed by atoms with Crippen LogP contribution in [0.2, 0.25) is 24.2 Å². The summed E-state index contributed by atoms with van der Waals surface area (Å²) in [4.78, 5) is 0. The number of fused-ring (bicyclic) bond motifs is 6. The van der Waals surface area contributed by atoms with E-state index in [9.17, 15) is 0 Å². The molecular formula is C25H44Si. The van der Waals surface area contributed by atoms with Crippen LogP contribution in [0.3, 0.4) is 0 Å². The molecule has 0 spiro atoms. The molecule has 0 nitrogen and oxygen atoms in total. The first-order valence-corrected chi connectivity index (χ1v) is 15.4. The predicted molar refractivity (Wildman–Crippen MR) is 115 cm³/mol. The van der Waals surface area contributed by atoms with E-state index < -0.39 is 8.07 Å². The molecule has 1 aliphatic heterocycles. The molecule has 5 fully saturated rings. The van der Waals surface area contributed by atoms with Crippen LogP contribution in [-0.2, 0) is 0 Å². The van der Waals surface area contributed by atoms with Crippen molar-refractivity contribution in [2.75, 3.05) is 0 Å². The lowest BCUT2D eigenvalue weighted by atomic mass is 9.61. The van der Waals surface area contributed by atoms with Crippen LogP contribution < -0.4 is 0 Å². The maximum absolute atomic E-state index is 2.89. The van der Waals surface area contributed by atoms with Crippen molar-refractivity contribution in [1.29, 1.82) is 0 Å². The molecule has 0 bridgehead atoms. The van der Waals surface area contributed by atoms with Gasteiger partial charge in [-0.3, -0.25) is 0 Å². The molecule has 10 unspecified atom stereocenters. The third-order valence-electron chi connectivity index (χ3n) is 11.4. The van der Waals surface area contributed by atoms with Crippen molar-refractivity contribution >= 4 is 8.07 Å². The zero-order valence-corrected chi connectivity index (χ0v) is 19.4. The summed E-state index contributed by atoms with van der Waals surface area (Å²) in [5.74, 6) is 8.49. The Bertz CT molecular complexity index is 517. The Morgan fingerprint density at radius 2 is 0.962 bits per heavy atom. The van der Waals surface area contributed by atoms with Crippen LogP contribution in [0.15, 0.2) is 0 Å². The molecule has 148 valence electrons. The third kappa shape index (κ3) is 2.13. The van der Waals surface area contributed by atoms with Gasteiger partial charge in [-0.2, -0.15) is 0 Å². The van der Waals surface area contributed by atoms with Crippen LogP contribution >= 0.6 is 0 Å². The Balaban J connectivity index is 1.62. The first-order valence-electron chi connectivity index (χ1n) is 12.3. The fourth-order valence-electron chi connectivity index (χ4n) is 11.0. The van der Waals surface area contributed by atoms with Crippen molar-refractivity contribution in [1.82, 2.24) is 0 Å². The summed E-state index contributed by atoms with van der Waals surface area (Å²) in [6.07, 6.45) is 12.4. The average Bonchev–Trinajstić information content (AvgIpc) is 3.09. The molecule has 0 aromatic carbocycles. The van der Waals surface area contributed by atoms with Gasteiger partial charge in [0.25, 0.3) is 0 Å². The molecule has 5 rings (SSSR count). The van der Waals surface area contributed by atoms with Crippen LogP contribution in [-0.4, -0.2) is 8.07 Å². The molecule has 0 aromatic rings. The zero-order valence-electron chi connectivity index (χ0n) is 18.4. The van der Waals surface area contributed by atoms with Gasteiger partial charge in [-0.25, -0.2) is 0 Å². The summed E-state index contributed by atoms with van der Waals surface area (Å²) < 4.78 is 0. The van der Waals surface area contributed by atoms with Crippen LogP contribution in [0.4, 0.5) is 0 Å². The Hall–Kier alpha value is 0.217. The summed E-state index contributed by atoms with van der Waals surface area (Å²) in [6, 6.07) is 0. The number of rotatable bonds is 0. The Labute approximate surface area is 164 Å². The SMILES string of the molecule is CC1C2CCCCC2C2C1C(C)(C)C1C(C)C3CCCCC3C1[Si]2(C)C. The molecular weight excluding hydrogens is 328 g/mol. The second kappa shape index (κ2) is 5.86. The lowest BCUT2D eigenvalue weighted by molar-refractivity contribution is 0.0383. The van der Waals surface area contributed by atoms with E-state index in [0.29, 0.717) is 5.41 Å². The highest BCUT2D eigenvalue weighted by molar-refractivity contribution is 6.80. The Kier molecular flexibility index (Phi) is 4.12. The van der Waals surface area contributed by atoms with Gasteiger partial charge in [0.15, 0.2) is 0 Å². The fraction of sp³-hybridized carbons (Fsp3) is 1.00. The molecule has 5 aliphatic rings. The van der Waals surface area contributed by atoms with Crippen molar-refractivity contribution in [3.8, 4) is 0 Å². The zero-order chi connectivity index (χ0) is 18.4. The van der Waals surface area contributed by atoms with E-state index in [2.05, 4.69) is 40.8 Å². The van der Waals surface area contributed by atoms with E-state index in [1.165, 1.54) is 12.8 Å². The van der Waals surface area contributed by atoms with Crippen LogP contribution in [0.5, 0.6) is 0 Å². The minimum atomic E-state index is -1.24.